The highest BCUT2D eigenvalue weighted by atomic mass is 16.5. The van der Waals surface area contributed by atoms with Crippen molar-refractivity contribution in [2.75, 3.05) is 0 Å². The van der Waals surface area contributed by atoms with Crippen LogP contribution < -0.4 is 4.74 Å². The summed E-state index contributed by atoms with van der Waals surface area (Å²) >= 11 is 0. The number of benzene rings is 3. The first kappa shape index (κ1) is 19.4. The van der Waals surface area contributed by atoms with E-state index in [-0.39, 0.29) is 5.92 Å². The summed E-state index contributed by atoms with van der Waals surface area (Å²) in [5.74, 6) is 2.16. The number of rotatable bonds is 1. The van der Waals surface area contributed by atoms with Crippen molar-refractivity contribution < 1.29 is 14.9 Å². The third-order valence-electron chi connectivity index (χ3n) is 6.72. The van der Waals surface area contributed by atoms with Crippen LogP contribution in [0.2, 0.25) is 0 Å². The number of hydrogen-bond donors (Lipinski definition) is 2. The highest BCUT2D eigenvalue weighted by molar-refractivity contribution is 5.71. The van der Waals surface area contributed by atoms with Crippen molar-refractivity contribution in [1.29, 1.82) is 0 Å². The fourth-order valence-electron chi connectivity index (χ4n) is 4.55. The summed E-state index contributed by atoms with van der Waals surface area (Å²) in [5, 5.41) is 21.6. The second-order valence-electron chi connectivity index (χ2n) is 8.38. The van der Waals surface area contributed by atoms with E-state index in [1.807, 2.05) is 41.5 Å². The Morgan fingerprint density at radius 2 is 1.00 bits per heavy atom. The Hall–Kier alpha value is -2.94. The molecule has 0 fully saturated rings. The van der Waals surface area contributed by atoms with Crippen LogP contribution in [0.1, 0.15) is 61.6 Å². The number of ether oxygens (including phenoxy) is 1. The molecule has 0 spiro atoms. The van der Waals surface area contributed by atoms with Gasteiger partial charge < -0.3 is 14.9 Å². The SMILES string of the molecule is Cc1ccc(C2c3c(C)c(O)c(C)c(C)c3Oc3c(C)c(C)c(O)c(C)c32)cc1. The average Bonchev–Trinajstić information content (AvgIpc) is 2.72. The largest absolute Gasteiger partial charge is 0.507 e. The number of aryl methyl sites for hydroxylation is 1. The van der Waals surface area contributed by atoms with Gasteiger partial charge in [0.1, 0.15) is 23.0 Å². The lowest BCUT2D eigenvalue weighted by Gasteiger charge is -2.35. The Morgan fingerprint density at radius 1 is 0.586 bits per heavy atom. The number of phenolic OH excluding ortho intramolecular Hbond substituents is 2. The average molecular weight is 389 g/mol. The highest BCUT2D eigenvalue weighted by Gasteiger charge is 2.36. The molecule has 3 aromatic carbocycles. The first-order valence-electron chi connectivity index (χ1n) is 10.0. The molecule has 0 amide bonds. The molecule has 1 aliphatic heterocycles. The zero-order valence-electron chi connectivity index (χ0n) is 18.2. The van der Waals surface area contributed by atoms with E-state index in [0.29, 0.717) is 11.5 Å². The van der Waals surface area contributed by atoms with E-state index in [9.17, 15) is 10.2 Å². The lowest BCUT2D eigenvalue weighted by molar-refractivity contribution is 0.422. The van der Waals surface area contributed by atoms with Crippen LogP contribution in [0.4, 0.5) is 0 Å². The second-order valence-corrected chi connectivity index (χ2v) is 8.38. The predicted octanol–water partition coefficient (Wildman–Crippen LogP) is 6.54. The van der Waals surface area contributed by atoms with Gasteiger partial charge in [0.15, 0.2) is 0 Å². The molecule has 0 aliphatic carbocycles. The molecule has 3 nitrogen and oxygen atoms in total. The van der Waals surface area contributed by atoms with Gasteiger partial charge in [0.2, 0.25) is 0 Å². The van der Waals surface area contributed by atoms with E-state index >= 15 is 0 Å². The molecule has 0 saturated heterocycles. The third-order valence-corrected chi connectivity index (χ3v) is 6.72. The maximum absolute atomic E-state index is 10.8. The van der Waals surface area contributed by atoms with Crippen molar-refractivity contribution in [3.05, 3.63) is 79.9 Å². The summed E-state index contributed by atoms with van der Waals surface area (Å²) in [6, 6.07) is 8.49. The molecule has 0 bridgehead atoms. The number of phenols is 2. The molecule has 1 heterocycles. The molecule has 2 N–H and O–H groups in total. The molecule has 3 aromatic rings. The number of aromatic hydroxyl groups is 2. The molecular formula is C26H28O3. The first-order chi connectivity index (χ1) is 13.6. The van der Waals surface area contributed by atoms with Crippen LogP contribution in [0.5, 0.6) is 23.0 Å². The van der Waals surface area contributed by atoms with Crippen LogP contribution in [0.15, 0.2) is 24.3 Å². The normalized spacial score (nSPS) is 13.1. The topological polar surface area (TPSA) is 49.7 Å². The molecule has 0 radical (unpaired) electrons. The van der Waals surface area contributed by atoms with E-state index in [1.165, 1.54) is 5.56 Å². The van der Waals surface area contributed by atoms with Crippen LogP contribution in [0, 0.1) is 48.5 Å². The molecule has 4 rings (SSSR count). The Morgan fingerprint density at radius 3 is 1.41 bits per heavy atom. The fraction of sp³-hybridized carbons (Fsp3) is 0.308. The van der Waals surface area contributed by atoms with Gasteiger partial charge in [-0.25, -0.2) is 0 Å². The van der Waals surface area contributed by atoms with Crippen LogP contribution in [0.25, 0.3) is 0 Å². The Bertz CT molecular complexity index is 1090. The fourth-order valence-corrected chi connectivity index (χ4v) is 4.55. The number of hydrogen-bond acceptors (Lipinski definition) is 3. The lowest BCUT2D eigenvalue weighted by Crippen LogP contribution is -2.17. The van der Waals surface area contributed by atoms with Gasteiger partial charge in [0, 0.05) is 17.0 Å². The summed E-state index contributed by atoms with van der Waals surface area (Å²) in [6.45, 7) is 13.8. The van der Waals surface area contributed by atoms with Gasteiger partial charge in [-0.3, -0.25) is 0 Å². The minimum Gasteiger partial charge on any atom is -0.507 e. The van der Waals surface area contributed by atoms with E-state index in [0.717, 1.165) is 61.6 Å². The summed E-state index contributed by atoms with van der Waals surface area (Å²) in [6.07, 6.45) is 0. The molecule has 29 heavy (non-hydrogen) atoms. The second kappa shape index (κ2) is 6.55. The van der Waals surface area contributed by atoms with Crippen molar-refractivity contribution in [1.82, 2.24) is 0 Å². The molecular weight excluding hydrogens is 360 g/mol. The van der Waals surface area contributed by atoms with Gasteiger partial charge in [-0.05, 0) is 87.4 Å². The maximum atomic E-state index is 10.8. The maximum Gasteiger partial charge on any atom is 0.135 e. The molecule has 0 aromatic heterocycles. The monoisotopic (exact) mass is 388 g/mol. The highest BCUT2D eigenvalue weighted by Crippen LogP contribution is 2.56. The zero-order valence-corrected chi connectivity index (χ0v) is 18.2. The van der Waals surface area contributed by atoms with Crippen LogP contribution in [0.3, 0.4) is 0 Å². The van der Waals surface area contributed by atoms with Gasteiger partial charge in [0.25, 0.3) is 0 Å². The molecule has 0 unspecified atom stereocenters. The van der Waals surface area contributed by atoms with Crippen LogP contribution in [-0.4, -0.2) is 10.2 Å². The van der Waals surface area contributed by atoms with E-state index in [4.69, 9.17) is 4.74 Å². The van der Waals surface area contributed by atoms with Gasteiger partial charge in [-0.1, -0.05) is 29.8 Å². The molecule has 0 atom stereocenters. The third kappa shape index (κ3) is 2.64. The predicted molar refractivity (Wildman–Crippen MR) is 117 cm³/mol. The van der Waals surface area contributed by atoms with E-state index in [2.05, 4.69) is 31.2 Å². The molecule has 0 saturated carbocycles. The van der Waals surface area contributed by atoms with Gasteiger partial charge in [-0.15, -0.1) is 0 Å². The summed E-state index contributed by atoms with van der Waals surface area (Å²) in [4.78, 5) is 0. The van der Waals surface area contributed by atoms with Crippen molar-refractivity contribution in [3.8, 4) is 23.0 Å². The van der Waals surface area contributed by atoms with Crippen LogP contribution >= 0.6 is 0 Å². The molecule has 3 heteroatoms. The van der Waals surface area contributed by atoms with E-state index in [1.54, 1.807) is 0 Å². The van der Waals surface area contributed by atoms with Crippen molar-refractivity contribution in [2.45, 2.75) is 54.4 Å². The minimum atomic E-state index is -0.121. The molecule has 150 valence electrons. The first-order valence-corrected chi connectivity index (χ1v) is 10.0. The van der Waals surface area contributed by atoms with Crippen molar-refractivity contribution in [3.63, 3.8) is 0 Å². The molecule has 1 aliphatic rings. The quantitative estimate of drug-likeness (QED) is 0.389. The van der Waals surface area contributed by atoms with Crippen molar-refractivity contribution >= 4 is 0 Å². The minimum absolute atomic E-state index is 0.121. The van der Waals surface area contributed by atoms with Crippen LogP contribution in [-0.2, 0) is 0 Å². The van der Waals surface area contributed by atoms with Gasteiger partial charge in [-0.2, -0.15) is 0 Å². The summed E-state index contributed by atoms with van der Waals surface area (Å²) in [5.41, 5.74) is 9.53. The number of fused-ring (bicyclic) bond motifs is 2. The standard InChI is InChI=1S/C26H28O3/c1-12-8-10-19(11-9-12)22-20-17(6)23(27)13(2)15(4)25(20)29-26-16(5)14(3)24(28)18(7)21(22)26/h8-11,22,27-28H,1-7H3. The lowest BCUT2D eigenvalue weighted by atomic mass is 9.76. The smallest absolute Gasteiger partial charge is 0.135 e. The summed E-state index contributed by atoms with van der Waals surface area (Å²) < 4.78 is 6.53. The van der Waals surface area contributed by atoms with Gasteiger partial charge >= 0.3 is 0 Å². The Kier molecular flexibility index (Phi) is 4.38. The van der Waals surface area contributed by atoms with Crippen molar-refractivity contribution in [2.24, 2.45) is 0 Å². The summed E-state index contributed by atoms with van der Waals surface area (Å²) in [7, 11) is 0. The van der Waals surface area contributed by atoms with E-state index < -0.39 is 0 Å². The zero-order chi connectivity index (χ0) is 21.2. The van der Waals surface area contributed by atoms with Gasteiger partial charge in [0.05, 0.1) is 0 Å². The Labute approximate surface area is 172 Å². The Balaban J connectivity index is 2.16.